The third kappa shape index (κ3) is 2.33. The normalized spacial score (nSPS) is 15.7. The lowest BCUT2D eigenvalue weighted by atomic mass is 10.1. The second-order valence-electron chi connectivity index (χ2n) is 4.70. The zero-order valence-electron chi connectivity index (χ0n) is 10.6. The minimum Gasteiger partial charge on any atom is -0.338 e. The molecule has 0 aliphatic heterocycles. The lowest BCUT2D eigenvalue weighted by molar-refractivity contribution is 0.602. The zero-order valence-corrected chi connectivity index (χ0v) is 11.4. The van der Waals surface area contributed by atoms with E-state index in [1.54, 1.807) is 18.2 Å². The summed E-state index contributed by atoms with van der Waals surface area (Å²) in [7, 11) is -3.18. The van der Waals surface area contributed by atoms with Crippen molar-refractivity contribution in [3.63, 3.8) is 0 Å². The van der Waals surface area contributed by atoms with Crippen molar-refractivity contribution in [2.45, 2.75) is 17.7 Å². The summed E-state index contributed by atoms with van der Waals surface area (Å²) in [6, 6.07) is 4.97. The van der Waals surface area contributed by atoms with Gasteiger partial charge in [-0.1, -0.05) is 18.2 Å². The highest BCUT2D eigenvalue weighted by Crippen LogP contribution is 2.24. The van der Waals surface area contributed by atoms with Crippen molar-refractivity contribution in [2.75, 3.05) is 6.26 Å². The first-order valence-electron chi connectivity index (χ1n) is 6.10. The lowest BCUT2D eigenvalue weighted by Crippen LogP contribution is -1.96. The number of sulfone groups is 1. The number of aromatic amines is 1. The van der Waals surface area contributed by atoms with Crippen molar-refractivity contribution in [3.05, 3.63) is 42.3 Å². The molecule has 2 aromatic rings. The number of rotatable bonds is 2. The summed E-state index contributed by atoms with van der Waals surface area (Å²) in [5, 5.41) is 0. The molecule has 0 amide bonds. The van der Waals surface area contributed by atoms with Gasteiger partial charge in [-0.15, -0.1) is 0 Å². The summed E-state index contributed by atoms with van der Waals surface area (Å²) in [4.78, 5) is 8.02. The van der Waals surface area contributed by atoms with Gasteiger partial charge < -0.3 is 4.98 Å². The minimum absolute atomic E-state index is 0.313. The van der Waals surface area contributed by atoms with E-state index in [2.05, 4.69) is 16.0 Å². The van der Waals surface area contributed by atoms with Crippen LogP contribution in [0.5, 0.6) is 0 Å². The van der Waals surface area contributed by atoms with Crippen LogP contribution in [0.25, 0.3) is 16.6 Å². The van der Waals surface area contributed by atoms with E-state index in [4.69, 9.17) is 0 Å². The van der Waals surface area contributed by atoms with Gasteiger partial charge in [-0.05, 0) is 36.6 Å². The number of H-pyrrole nitrogens is 1. The molecule has 0 unspecified atom stereocenters. The molecule has 0 fully saturated rings. The Bertz CT molecular complexity index is 798. The van der Waals surface area contributed by atoms with Gasteiger partial charge >= 0.3 is 0 Å². The molecule has 0 saturated heterocycles. The van der Waals surface area contributed by atoms with Gasteiger partial charge in [0.2, 0.25) is 0 Å². The summed E-state index contributed by atoms with van der Waals surface area (Å²) in [5.41, 5.74) is 2.70. The van der Waals surface area contributed by atoms with Crippen LogP contribution in [-0.2, 0) is 9.84 Å². The molecule has 5 heteroatoms. The number of benzene rings is 1. The molecule has 98 valence electrons. The standard InChI is InChI=1S/C14H14N2O2S/c1-19(17,18)11-7-8-12-13(9-11)16-14(15-12)10-5-3-2-4-6-10/h2-3,5,7-9H,4,6H2,1H3,(H,15,16). The van der Waals surface area contributed by atoms with Crippen molar-refractivity contribution in [1.82, 2.24) is 9.97 Å². The summed E-state index contributed by atoms with van der Waals surface area (Å²) >= 11 is 0. The molecule has 0 radical (unpaired) electrons. The number of nitrogens with zero attached hydrogens (tertiary/aromatic N) is 1. The number of hydrogen-bond donors (Lipinski definition) is 1. The fraction of sp³-hybridized carbons (Fsp3) is 0.214. The molecule has 1 heterocycles. The second kappa shape index (κ2) is 4.35. The predicted molar refractivity (Wildman–Crippen MR) is 75.6 cm³/mol. The highest BCUT2D eigenvalue weighted by Gasteiger charge is 2.12. The number of fused-ring (bicyclic) bond motifs is 1. The van der Waals surface area contributed by atoms with Gasteiger partial charge in [-0.2, -0.15) is 0 Å². The Labute approximate surface area is 111 Å². The van der Waals surface area contributed by atoms with Crippen LogP contribution in [-0.4, -0.2) is 24.6 Å². The quantitative estimate of drug-likeness (QED) is 0.915. The Kier molecular flexibility index (Phi) is 2.78. The zero-order chi connectivity index (χ0) is 13.5. The van der Waals surface area contributed by atoms with Crippen molar-refractivity contribution in [1.29, 1.82) is 0 Å². The topological polar surface area (TPSA) is 62.8 Å². The molecule has 0 saturated carbocycles. The van der Waals surface area contributed by atoms with E-state index in [0.29, 0.717) is 4.90 Å². The van der Waals surface area contributed by atoms with Gasteiger partial charge in [0.05, 0.1) is 15.9 Å². The van der Waals surface area contributed by atoms with E-state index in [0.717, 1.165) is 35.3 Å². The highest BCUT2D eigenvalue weighted by molar-refractivity contribution is 7.90. The van der Waals surface area contributed by atoms with E-state index < -0.39 is 9.84 Å². The molecule has 1 aromatic carbocycles. The number of aromatic nitrogens is 2. The van der Waals surface area contributed by atoms with Crippen LogP contribution in [0.15, 0.2) is 41.3 Å². The average Bonchev–Trinajstić information content (AvgIpc) is 2.81. The van der Waals surface area contributed by atoms with Crippen molar-refractivity contribution in [2.24, 2.45) is 0 Å². The monoisotopic (exact) mass is 274 g/mol. The molecule has 3 rings (SSSR count). The maximum absolute atomic E-state index is 11.5. The molecule has 1 aliphatic carbocycles. The SMILES string of the molecule is CS(=O)(=O)c1ccc2nc(C3=CC=CCC3)[nH]c2c1. The first kappa shape index (κ1) is 12.2. The average molecular weight is 274 g/mol. The largest absolute Gasteiger partial charge is 0.338 e. The smallest absolute Gasteiger partial charge is 0.175 e. The van der Waals surface area contributed by atoms with E-state index in [9.17, 15) is 8.42 Å². The molecule has 0 bridgehead atoms. The molecule has 1 aliphatic rings. The number of nitrogens with one attached hydrogen (secondary N) is 1. The molecule has 19 heavy (non-hydrogen) atoms. The summed E-state index contributed by atoms with van der Waals surface area (Å²) < 4.78 is 23.1. The van der Waals surface area contributed by atoms with Crippen LogP contribution in [0.3, 0.4) is 0 Å². The van der Waals surface area contributed by atoms with Crippen LogP contribution in [0, 0.1) is 0 Å². The maximum Gasteiger partial charge on any atom is 0.175 e. The van der Waals surface area contributed by atoms with Crippen LogP contribution < -0.4 is 0 Å². The van der Waals surface area contributed by atoms with Crippen molar-refractivity contribution >= 4 is 26.4 Å². The molecule has 1 N–H and O–H groups in total. The third-order valence-electron chi connectivity index (χ3n) is 3.20. The number of imidazole rings is 1. The van der Waals surface area contributed by atoms with Crippen molar-refractivity contribution < 1.29 is 8.42 Å². The Balaban J connectivity index is 2.11. The van der Waals surface area contributed by atoms with Gasteiger partial charge in [0.15, 0.2) is 9.84 Å². The predicted octanol–water partition coefficient (Wildman–Crippen LogP) is 2.70. The first-order valence-corrected chi connectivity index (χ1v) is 7.99. The van der Waals surface area contributed by atoms with Gasteiger partial charge in [0.1, 0.15) is 5.82 Å². The molecule has 4 nitrogen and oxygen atoms in total. The molecule has 0 atom stereocenters. The maximum atomic E-state index is 11.5. The third-order valence-corrected chi connectivity index (χ3v) is 4.31. The van der Waals surface area contributed by atoms with E-state index >= 15 is 0 Å². The number of hydrogen-bond acceptors (Lipinski definition) is 3. The van der Waals surface area contributed by atoms with Gasteiger partial charge in [0, 0.05) is 6.26 Å². The summed E-state index contributed by atoms with van der Waals surface area (Å²) in [5.74, 6) is 0.824. The molecule has 0 spiro atoms. The summed E-state index contributed by atoms with van der Waals surface area (Å²) in [6.07, 6.45) is 9.35. The minimum atomic E-state index is -3.18. The Hall–Kier alpha value is -1.88. The van der Waals surface area contributed by atoms with Gasteiger partial charge in [-0.25, -0.2) is 13.4 Å². The Morgan fingerprint density at radius 1 is 1.32 bits per heavy atom. The van der Waals surface area contributed by atoms with Crippen LogP contribution in [0.4, 0.5) is 0 Å². The Morgan fingerprint density at radius 2 is 2.16 bits per heavy atom. The lowest BCUT2D eigenvalue weighted by Gasteiger charge is -2.04. The molecule has 1 aromatic heterocycles. The first-order chi connectivity index (χ1) is 9.04. The van der Waals surface area contributed by atoms with E-state index in [1.165, 1.54) is 6.26 Å². The Morgan fingerprint density at radius 3 is 2.84 bits per heavy atom. The number of allylic oxidation sites excluding steroid dienone is 4. The van der Waals surface area contributed by atoms with E-state index in [1.807, 2.05) is 12.2 Å². The fourth-order valence-electron chi connectivity index (χ4n) is 2.17. The van der Waals surface area contributed by atoms with Gasteiger partial charge in [0.25, 0.3) is 0 Å². The highest BCUT2D eigenvalue weighted by atomic mass is 32.2. The molecular formula is C14H14N2O2S. The second-order valence-corrected chi connectivity index (χ2v) is 6.71. The van der Waals surface area contributed by atoms with E-state index in [-0.39, 0.29) is 0 Å². The van der Waals surface area contributed by atoms with Crippen LogP contribution in [0.1, 0.15) is 18.7 Å². The van der Waals surface area contributed by atoms with Gasteiger partial charge in [-0.3, -0.25) is 0 Å². The summed E-state index contributed by atoms with van der Waals surface area (Å²) in [6.45, 7) is 0. The molecular weight excluding hydrogens is 260 g/mol. The van der Waals surface area contributed by atoms with Crippen LogP contribution >= 0.6 is 0 Å². The fourth-order valence-corrected chi connectivity index (χ4v) is 2.82. The van der Waals surface area contributed by atoms with Crippen molar-refractivity contribution in [3.8, 4) is 0 Å². The van der Waals surface area contributed by atoms with Crippen LogP contribution in [0.2, 0.25) is 0 Å².